The van der Waals surface area contributed by atoms with Gasteiger partial charge in [0.2, 0.25) is 0 Å². The average molecular weight is 274 g/mol. The molecule has 1 atom stereocenters. The van der Waals surface area contributed by atoms with E-state index < -0.39 is 0 Å². The van der Waals surface area contributed by atoms with Gasteiger partial charge >= 0.3 is 0 Å². The molecule has 0 radical (unpaired) electrons. The van der Waals surface area contributed by atoms with Gasteiger partial charge in [-0.05, 0) is 42.3 Å². The van der Waals surface area contributed by atoms with Crippen molar-refractivity contribution in [1.82, 2.24) is 5.43 Å². The van der Waals surface area contributed by atoms with E-state index in [0.29, 0.717) is 13.0 Å². The molecule has 20 heavy (non-hydrogen) atoms. The van der Waals surface area contributed by atoms with Gasteiger partial charge in [-0.25, -0.2) is 4.39 Å². The number of nitrogens with one attached hydrogen (secondary N) is 1. The standard InChI is InChI=1S/C16H19FN2O/c1-12-3-2-4-15(11-12)20-10-9-16(19-18)13-5-7-14(17)8-6-13/h2-8,11,16,19H,9-10,18H2,1H3. The van der Waals surface area contributed by atoms with Crippen LogP contribution in [-0.4, -0.2) is 6.61 Å². The number of rotatable bonds is 6. The highest BCUT2D eigenvalue weighted by Gasteiger charge is 2.09. The molecule has 0 heterocycles. The number of hydrogen-bond donors (Lipinski definition) is 2. The predicted octanol–water partition coefficient (Wildman–Crippen LogP) is 3.11. The minimum absolute atomic E-state index is 0.0552. The molecule has 1 unspecified atom stereocenters. The average Bonchev–Trinajstić information content (AvgIpc) is 2.45. The normalized spacial score (nSPS) is 12.2. The van der Waals surface area contributed by atoms with Crippen molar-refractivity contribution in [2.24, 2.45) is 5.84 Å². The van der Waals surface area contributed by atoms with E-state index in [0.717, 1.165) is 16.9 Å². The highest BCUT2D eigenvalue weighted by atomic mass is 19.1. The first-order valence-electron chi connectivity index (χ1n) is 6.60. The third kappa shape index (κ3) is 4.05. The van der Waals surface area contributed by atoms with Crippen LogP contribution in [0, 0.1) is 12.7 Å². The molecule has 0 spiro atoms. The van der Waals surface area contributed by atoms with Crippen LogP contribution < -0.4 is 16.0 Å². The van der Waals surface area contributed by atoms with Crippen LogP contribution in [0.15, 0.2) is 48.5 Å². The molecular weight excluding hydrogens is 255 g/mol. The van der Waals surface area contributed by atoms with Crippen molar-refractivity contribution in [3.63, 3.8) is 0 Å². The predicted molar refractivity (Wildman–Crippen MR) is 77.8 cm³/mol. The van der Waals surface area contributed by atoms with E-state index >= 15 is 0 Å². The van der Waals surface area contributed by atoms with Crippen molar-refractivity contribution in [3.05, 3.63) is 65.5 Å². The molecule has 0 bridgehead atoms. The van der Waals surface area contributed by atoms with E-state index in [-0.39, 0.29) is 11.9 Å². The molecule has 106 valence electrons. The lowest BCUT2D eigenvalue weighted by Gasteiger charge is -2.16. The largest absolute Gasteiger partial charge is 0.494 e. The second-order valence-electron chi connectivity index (χ2n) is 4.72. The molecule has 0 aliphatic carbocycles. The van der Waals surface area contributed by atoms with Crippen molar-refractivity contribution in [2.75, 3.05) is 6.61 Å². The molecule has 4 heteroatoms. The Kier molecular flexibility index (Phi) is 5.09. The van der Waals surface area contributed by atoms with Gasteiger partial charge < -0.3 is 4.74 Å². The Labute approximate surface area is 118 Å². The number of nitrogens with two attached hydrogens (primary N) is 1. The van der Waals surface area contributed by atoms with Crippen LogP contribution in [0.25, 0.3) is 0 Å². The van der Waals surface area contributed by atoms with Gasteiger partial charge in [0.05, 0.1) is 6.61 Å². The van der Waals surface area contributed by atoms with Crippen LogP contribution in [0.2, 0.25) is 0 Å². The summed E-state index contributed by atoms with van der Waals surface area (Å²) < 4.78 is 18.6. The SMILES string of the molecule is Cc1cccc(OCCC(NN)c2ccc(F)cc2)c1. The fourth-order valence-electron chi connectivity index (χ4n) is 2.04. The van der Waals surface area contributed by atoms with Crippen molar-refractivity contribution in [3.8, 4) is 5.75 Å². The highest BCUT2D eigenvalue weighted by Crippen LogP contribution is 2.18. The Morgan fingerprint density at radius 2 is 1.95 bits per heavy atom. The van der Waals surface area contributed by atoms with Gasteiger partial charge in [-0.3, -0.25) is 11.3 Å². The molecule has 0 aliphatic heterocycles. The summed E-state index contributed by atoms with van der Waals surface area (Å²) in [5.41, 5.74) is 4.84. The molecule has 0 saturated heterocycles. The molecule has 2 aromatic rings. The Bertz CT molecular complexity index is 542. The molecule has 3 nitrogen and oxygen atoms in total. The third-order valence-electron chi connectivity index (χ3n) is 3.14. The first kappa shape index (κ1) is 14.5. The van der Waals surface area contributed by atoms with Crippen molar-refractivity contribution < 1.29 is 9.13 Å². The topological polar surface area (TPSA) is 47.3 Å². The number of ether oxygens (including phenoxy) is 1. The zero-order valence-electron chi connectivity index (χ0n) is 11.5. The fourth-order valence-corrected chi connectivity index (χ4v) is 2.04. The zero-order chi connectivity index (χ0) is 14.4. The number of hydrazine groups is 1. The molecule has 0 amide bonds. The van der Waals surface area contributed by atoms with Crippen molar-refractivity contribution in [2.45, 2.75) is 19.4 Å². The lowest BCUT2D eigenvalue weighted by Crippen LogP contribution is -2.29. The van der Waals surface area contributed by atoms with Gasteiger partial charge in [0.15, 0.2) is 0 Å². The third-order valence-corrected chi connectivity index (χ3v) is 3.14. The summed E-state index contributed by atoms with van der Waals surface area (Å²) in [6, 6.07) is 14.2. The second kappa shape index (κ2) is 7.03. The Morgan fingerprint density at radius 3 is 2.60 bits per heavy atom. The van der Waals surface area contributed by atoms with E-state index in [1.54, 1.807) is 12.1 Å². The zero-order valence-corrected chi connectivity index (χ0v) is 11.5. The van der Waals surface area contributed by atoms with Crippen LogP contribution in [0.1, 0.15) is 23.6 Å². The van der Waals surface area contributed by atoms with Crippen LogP contribution in [-0.2, 0) is 0 Å². The quantitative estimate of drug-likeness (QED) is 0.628. The minimum atomic E-state index is -0.250. The first-order chi connectivity index (χ1) is 9.69. The summed E-state index contributed by atoms with van der Waals surface area (Å²) in [5, 5.41) is 0. The first-order valence-corrected chi connectivity index (χ1v) is 6.60. The number of halogens is 1. The smallest absolute Gasteiger partial charge is 0.123 e. The van der Waals surface area contributed by atoms with E-state index in [9.17, 15) is 4.39 Å². The van der Waals surface area contributed by atoms with E-state index in [1.165, 1.54) is 12.1 Å². The van der Waals surface area contributed by atoms with Gasteiger partial charge in [0.1, 0.15) is 11.6 Å². The molecule has 3 N–H and O–H groups in total. The minimum Gasteiger partial charge on any atom is -0.494 e. The maximum absolute atomic E-state index is 12.9. The van der Waals surface area contributed by atoms with Gasteiger partial charge in [-0.2, -0.15) is 0 Å². The Balaban J connectivity index is 1.89. The summed E-state index contributed by atoms with van der Waals surface area (Å²) in [6.07, 6.45) is 0.704. The van der Waals surface area contributed by atoms with Crippen LogP contribution in [0.4, 0.5) is 4.39 Å². The summed E-state index contributed by atoms with van der Waals surface area (Å²) in [4.78, 5) is 0. The molecular formula is C16H19FN2O. The second-order valence-corrected chi connectivity index (χ2v) is 4.72. The maximum Gasteiger partial charge on any atom is 0.123 e. The van der Waals surface area contributed by atoms with Crippen molar-refractivity contribution >= 4 is 0 Å². The number of hydrogen-bond acceptors (Lipinski definition) is 3. The molecule has 2 aromatic carbocycles. The van der Waals surface area contributed by atoms with Crippen LogP contribution in [0.3, 0.4) is 0 Å². The number of benzene rings is 2. The summed E-state index contributed by atoms with van der Waals surface area (Å²) >= 11 is 0. The fraction of sp³-hybridized carbons (Fsp3) is 0.250. The maximum atomic E-state index is 12.9. The van der Waals surface area contributed by atoms with Gasteiger partial charge in [-0.15, -0.1) is 0 Å². The molecule has 2 rings (SSSR count). The Hall–Kier alpha value is -1.91. The van der Waals surface area contributed by atoms with E-state index in [2.05, 4.69) is 5.43 Å². The summed E-state index contributed by atoms with van der Waals surface area (Å²) in [7, 11) is 0. The highest BCUT2D eigenvalue weighted by molar-refractivity contribution is 5.27. The number of aryl methyl sites for hydroxylation is 1. The summed E-state index contributed by atoms with van der Waals surface area (Å²) in [6.45, 7) is 2.56. The molecule has 0 aromatic heterocycles. The van der Waals surface area contributed by atoms with Crippen molar-refractivity contribution in [1.29, 1.82) is 0 Å². The van der Waals surface area contributed by atoms with Gasteiger partial charge in [0.25, 0.3) is 0 Å². The Morgan fingerprint density at radius 1 is 1.20 bits per heavy atom. The van der Waals surface area contributed by atoms with Gasteiger partial charge in [0, 0.05) is 12.5 Å². The lowest BCUT2D eigenvalue weighted by molar-refractivity contribution is 0.287. The van der Waals surface area contributed by atoms with Gasteiger partial charge in [-0.1, -0.05) is 24.3 Å². The monoisotopic (exact) mass is 274 g/mol. The van der Waals surface area contributed by atoms with E-state index in [1.807, 2.05) is 31.2 Å². The lowest BCUT2D eigenvalue weighted by atomic mass is 10.1. The van der Waals surface area contributed by atoms with Crippen LogP contribution in [0.5, 0.6) is 5.75 Å². The van der Waals surface area contributed by atoms with E-state index in [4.69, 9.17) is 10.6 Å². The molecule has 0 saturated carbocycles. The molecule has 0 fully saturated rings. The van der Waals surface area contributed by atoms with Crippen LogP contribution >= 0.6 is 0 Å². The summed E-state index contributed by atoms with van der Waals surface area (Å²) in [5.74, 6) is 6.14. The molecule has 0 aliphatic rings.